The van der Waals surface area contributed by atoms with E-state index in [0.717, 1.165) is 22.6 Å². The van der Waals surface area contributed by atoms with Crippen molar-refractivity contribution in [1.29, 1.82) is 0 Å². The van der Waals surface area contributed by atoms with Crippen molar-refractivity contribution < 1.29 is 0 Å². The molecule has 0 aliphatic heterocycles. The Labute approximate surface area is 125 Å². The van der Waals surface area contributed by atoms with Crippen LogP contribution in [0.4, 0.5) is 0 Å². The van der Waals surface area contributed by atoms with Crippen molar-refractivity contribution in [2.24, 2.45) is 0 Å². The average molecular weight is 293 g/mol. The topological polar surface area (TPSA) is 0 Å². The Morgan fingerprint density at radius 1 is 0.947 bits per heavy atom. The van der Waals surface area contributed by atoms with Gasteiger partial charge in [0.2, 0.25) is 0 Å². The highest BCUT2D eigenvalue weighted by Crippen LogP contribution is 2.37. The zero-order valence-corrected chi connectivity index (χ0v) is 13.0. The summed E-state index contributed by atoms with van der Waals surface area (Å²) in [6.07, 6.45) is 0.803. The van der Waals surface area contributed by atoms with Gasteiger partial charge in [-0.1, -0.05) is 48.0 Å². The number of alkyl halides is 1. The molecule has 2 rings (SSSR count). The molecule has 0 bridgehead atoms. The first-order valence-corrected chi connectivity index (χ1v) is 7.16. The van der Waals surface area contributed by atoms with Gasteiger partial charge in [-0.05, 0) is 55.5 Å². The molecular formula is C17H18Cl2. The standard InChI is InChI=1S/C17H18Cl2/c1-12-13(2)16(18)10-9-15(12)17(3,19)11-14-7-5-4-6-8-14/h4-10H,11H2,1-3H3. The van der Waals surface area contributed by atoms with Crippen LogP contribution in [0.3, 0.4) is 0 Å². The van der Waals surface area contributed by atoms with Crippen LogP contribution in [0.2, 0.25) is 5.02 Å². The fourth-order valence-electron chi connectivity index (χ4n) is 2.43. The highest BCUT2D eigenvalue weighted by molar-refractivity contribution is 6.31. The highest BCUT2D eigenvalue weighted by atomic mass is 35.5. The Hall–Kier alpha value is -0.980. The molecule has 19 heavy (non-hydrogen) atoms. The van der Waals surface area contributed by atoms with Crippen LogP contribution in [-0.2, 0) is 11.3 Å². The lowest BCUT2D eigenvalue weighted by atomic mass is 9.88. The summed E-state index contributed by atoms with van der Waals surface area (Å²) in [6.45, 7) is 6.19. The summed E-state index contributed by atoms with van der Waals surface area (Å²) in [6, 6.07) is 14.3. The minimum atomic E-state index is -0.416. The molecule has 0 aliphatic rings. The largest absolute Gasteiger partial charge is 0.114 e. The summed E-state index contributed by atoms with van der Waals surface area (Å²) in [4.78, 5) is -0.416. The van der Waals surface area contributed by atoms with E-state index in [2.05, 4.69) is 26.0 Å². The Bertz CT molecular complexity index is 571. The predicted molar refractivity (Wildman–Crippen MR) is 84.3 cm³/mol. The third-order valence-electron chi connectivity index (χ3n) is 3.66. The number of benzene rings is 2. The van der Waals surface area contributed by atoms with E-state index in [1.807, 2.05) is 37.3 Å². The molecule has 2 aromatic carbocycles. The molecule has 2 aromatic rings. The third kappa shape index (κ3) is 3.13. The minimum absolute atomic E-state index is 0.416. The second-order valence-corrected chi connectivity index (χ2v) is 6.45. The molecule has 0 heterocycles. The predicted octanol–water partition coefficient (Wildman–Crippen LogP) is 5.65. The van der Waals surface area contributed by atoms with Crippen molar-refractivity contribution in [3.63, 3.8) is 0 Å². The van der Waals surface area contributed by atoms with Gasteiger partial charge in [0.25, 0.3) is 0 Å². The van der Waals surface area contributed by atoms with Crippen LogP contribution in [-0.4, -0.2) is 0 Å². The third-order valence-corrected chi connectivity index (χ3v) is 4.41. The Balaban J connectivity index is 2.37. The molecule has 0 N–H and O–H groups in total. The first-order valence-electron chi connectivity index (χ1n) is 6.41. The van der Waals surface area contributed by atoms with Crippen LogP contribution in [0, 0.1) is 13.8 Å². The van der Waals surface area contributed by atoms with E-state index in [4.69, 9.17) is 23.2 Å². The zero-order valence-electron chi connectivity index (χ0n) is 11.5. The number of hydrogen-bond donors (Lipinski definition) is 0. The molecule has 1 atom stereocenters. The Kier molecular flexibility index (Phi) is 4.23. The molecule has 0 aliphatic carbocycles. The van der Waals surface area contributed by atoms with Crippen molar-refractivity contribution in [3.8, 4) is 0 Å². The average Bonchev–Trinajstić information content (AvgIpc) is 2.36. The van der Waals surface area contributed by atoms with E-state index in [-0.39, 0.29) is 0 Å². The van der Waals surface area contributed by atoms with E-state index in [0.29, 0.717) is 0 Å². The van der Waals surface area contributed by atoms with E-state index in [1.54, 1.807) is 0 Å². The molecule has 1 unspecified atom stereocenters. The smallest absolute Gasteiger partial charge is 0.0709 e. The fourth-order valence-corrected chi connectivity index (χ4v) is 2.99. The van der Waals surface area contributed by atoms with E-state index < -0.39 is 4.87 Å². The van der Waals surface area contributed by atoms with Crippen molar-refractivity contribution in [3.05, 3.63) is 69.7 Å². The molecule has 0 radical (unpaired) electrons. The first-order chi connectivity index (χ1) is 8.92. The lowest BCUT2D eigenvalue weighted by Gasteiger charge is -2.26. The van der Waals surface area contributed by atoms with Gasteiger partial charge in [0, 0.05) is 5.02 Å². The van der Waals surface area contributed by atoms with Crippen LogP contribution in [0.5, 0.6) is 0 Å². The van der Waals surface area contributed by atoms with Crippen LogP contribution in [0.25, 0.3) is 0 Å². The van der Waals surface area contributed by atoms with Crippen LogP contribution in [0.15, 0.2) is 42.5 Å². The van der Waals surface area contributed by atoms with Gasteiger partial charge >= 0.3 is 0 Å². The van der Waals surface area contributed by atoms with Crippen molar-refractivity contribution in [2.75, 3.05) is 0 Å². The Morgan fingerprint density at radius 3 is 2.21 bits per heavy atom. The molecule has 0 fully saturated rings. The summed E-state index contributed by atoms with van der Waals surface area (Å²) < 4.78 is 0. The maximum absolute atomic E-state index is 6.78. The lowest BCUT2D eigenvalue weighted by molar-refractivity contribution is 0.667. The maximum Gasteiger partial charge on any atom is 0.0709 e. The summed E-state index contributed by atoms with van der Waals surface area (Å²) in [5, 5.41) is 0.799. The molecule has 0 spiro atoms. The molecule has 0 aromatic heterocycles. The molecular weight excluding hydrogens is 275 g/mol. The summed E-state index contributed by atoms with van der Waals surface area (Å²) in [5.74, 6) is 0. The van der Waals surface area contributed by atoms with Gasteiger partial charge in [-0.15, -0.1) is 11.6 Å². The lowest BCUT2D eigenvalue weighted by Crippen LogP contribution is -2.19. The van der Waals surface area contributed by atoms with E-state index >= 15 is 0 Å². The first kappa shape index (κ1) is 14.4. The van der Waals surface area contributed by atoms with Crippen LogP contribution in [0.1, 0.15) is 29.2 Å². The zero-order chi connectivity index (χ0) is 14.0. The molecule has 0 amide bonds. The molecule has 0 saturated heterocycles. The maximum atomic E-state index is 6.78. The van der Waals surface area contributed by atoms with E-state index in [1.165, 1.54) is 11.1 Å². The Morgan fingerprint density at radius 2 is 1.58 bits per heavy atom. The van der Waals surface area contributed by atoms with Crippen LogP contribution >= 0.6 is 23.2 Å². The monoisotopic (exact) mass is 292 g/mol. The van der Waals surface area contributed by atoms with E-state index in [9.17, 15) is 0 Å². The molecule has 2 heteroatoms. The van der Waals surface area contributed by atoms with Gasteiger partial charge in [0.05, 0.1) is 4.87 Å². The van der Waals surface area contributed by atoms with Gasteiger partial charge in [0.1, 0.15) is 0 Å². The van der Waals surface area contributed by atoms with Crippen molar-refractivity contribution >= 4 is 23.2 Å². The minimum Gasteiger partial charge on any atom is -0.114 e. The summed E-state index contributed by atoms with van der Waals surface area (Å²) >= 11 is 12.9. The van der Waals surface area contributed by atoms with Gasteiger partial charge in [-0.25, -0.2) is 0 Å². The van der Waals surface area contributed by atoms with Crippen LogP contribution < -0.4 is 0 Å². The number of rotatable bonds is 3. The quantitative estimate of drug-likeness (QED) is 0.641. The SMILES string of the molecule is Cc1c(Cl)ccc(C(C)(Cl)Cc2ccccc2)c1C. The van der Waals surface area contributed by atoms with Gasteiger partial charge < -0.3 is 0 Å². The van der Waals surface area contributed by atoms with Gasteiger partial charge in [0.15, 0.2) is 0 Å². The number of halogens is 2. The summed E-state index contributed by atoms with van der Waals surface area (Å²) in [5.41, 5.74) is 4.69. The second kappa shape index (κ2) is 5.56. The molecule has 0 nitrogen and oxygen atoms in total. The van der Waals surface area contributed by atoms with Gasteiger partial charge in [-0.2, -0.15) is 0 Å². The second-order valence-electron chi connectivity index (χ2n) is 5.20. The van der Waals surface area contributed by atoms with Crippen molar-refractivity contribution in [1.82, 2.24) is 0 Å². The summed E-state index contributed by atoms with van der Waals surface area (Å²) in [7, 11) is 0. The normalized spacial score (nSPS) is 14.2. The highest BCUT2D eigenvalue weighted by Gasteiger charge is 2.26. The fraction of sp³-hybridized carbons (Fsp3) is 0.294. The molecule has 100 valence electrons. The number of hydrogen-bond acceptors (Lipinski definition) is 0. The molecule has 0 saturated carbocycles. The van der Waals surface area contributed by atoms with Crippen molar-refractivity contribution in [2.45, 2.75) is 32.1 Å². The van der Waals surface area contributed by atoms with Gasteiger partial charge in [-0.3, -0.25) is 0 Å².